The number of benzene rings is 1. The van der Waals surface area contributed by atoms with Crippen molar-refractivity contribution in [3.05, 3.63) is 23.8 Å². The van der Waals surface area contributed by atoms with Crippen LogP contribution in [-0.4, -0.2) is 53.6 Å². The molecule has 1 aromatic carbocycles. The Hall–Kier alpha value is -1.38. The van der Waals surface area contributed by atoms with Gasteiger partial charge >= 0.3 is 0 Å². The number of carbonyl (C=O) groups excluding carboxylic acids is 1. The van der Waals surface area contributed by atoms with Crippen molar-refractivity contribution in [2.24, 2.45) is 0 Å². The van der Waals surface area contributed by atoms with E-state index < -0.39 is 16.6 Å². The third-order valence-electron chi connectivity index (χ3n) is 3.64. The van der Waals surface area contributed by atoms with Crippen molar-refractivity contribution >= 4 is 21.8 Å². The van der Waals surface area contributed by atoms with Gasteiger partial charge in [0, 0.05) is 13.1 Å². The molecule has 6 nitrogen and oxygen atoms in total. The molecular weight excluding hydrogens is 361 g/mol. The van der Waals surface area contributed by atoms with Crippen molar-refractivity contribution in [1.82, 2.24) is 4.90 Å². The van der Waals surface area contributed by atoms with Gasteiger partial charge in [0.25, 0.3) is 10.5 Å². The largest absolute Gasteiger partial charge is 0.454 e. The molecule has 8 heteroatoms. The highest BCUT2D eigenvalue weighted by molar-refractivity contribution is 9.10. The molecule has 2 heterocycles. The second-order valence-electron chi connectivity index (χ2n) is 5.04. The number of fused-ring (bicyclic) bond motifs is 1. The molecule has 0 bridgehead atoms. The van der Waals surface area contributed by atoms with E-state index in [2.05, 4.69) is 15.9 Å². The number of aliphatic hydroxyl groups is 1. The average Bonchev–Trinajstić information content (AvgIpc) is 3.01. The first-order valence-electron chi connectivity index (χ1n) is 6.82. The van der Waals surface area contributed by atoms with Crippen LogP contribution in [0.4, 0.5) is 4.39 Å². The van der Waals surface area contributed by atoms with Crippen LogP contribution in [-0.2, 0) is 9.53 Å². The lowest BCUT2D eigenvalue weighted by Gasteiger charge is -2.33. The Morgan fingerprint density at radius 1 is 1.32 bits per heavy atom. The summed E-state index contributed by atoms with van der Waals surface area (Å²) in [6.45, 7) is 1.38. The molecule has 2 atom stereocenters. The summed E-state index contributed by atoms with van der Waals surface area (Å²) in [6, 6.07) is 4.54. The maximum atomic E-state index is 14.9. The molecule has 0 radical (unpaired) electrons. The van der Waals surface area contributed by atoms with Gasteiger partial charge in [-0.05, 0) is 33.6 Å². The number of hydrogen-bond donors (Lipinski definition) is 1. The van der Waals surface area contributed by atoms with Crippen molar-refractivity contribution in [2.75, 3.05) is 33.1 Å². The highest BCUT2D eigenvalue weighted by Gasteiger charge is 2.47. The van der Waals surface area contributed by atoms with E-state index in [4.69, 9.17) is 14.2 Å². The zero-order chi connectivity index (χ0) is 15.7. The molecule has 3 rings (SSSR count). The van der Waals surface area contributed by atoms with E-state index >= 15 is 0 Å². The highest BCUT2D eigenvalue weighted by atomic mass is 79.9. The third kappa shape index (κ3) is 2.78. The van der Waals surface area contributed by atoms with Gasteiger partial charge in [0.05, 0.1) is 13.2 Å². The summed E-state index contributed by atoms with van der Waals surface area (Å²) in [5.74, 6) is 0.120. The van der Waals surface area contributed by atoms with E-state index in [1.807, 2.05) is 0 Å². The van der Waals surface area contributed by atoms with Gasteiger partial charge in [-0.25, -0.2) is 4.39 Å². The smallest absolute Gasteiger partial charge is 0.274 e. The number of ether oxygens (including phenoxy) is 3. The quantitative estimate of drug-likeness (QED) is 0.808. The first-order valence-corrected chi connectivity index (χ1v) is 7.62. The highest BCUT2D eigenvalue weighted by Crippen LogP contribution is 2.41. The van der Waals surface area contributed by atoms with Gasteiger partial charge in [0.1, 0.15) is 6.10 Å². The van der Waals surface area contributed by atoms with Crippen molar-refractivity contribution in [1.29, 1.82) is 0 Å². The van der Waals surface area contributed by atoms with E-state index in [0.29, 0.717) is 37.8 Å². The minimum Gasteiger partial charge on any atom is -0.454 e. The van der Waals surface area contributed by atoms with Gasteiger partial charge in [0.2, 0.25) is 6.79 Å². The molecule has 1 amide bonds. The Bertz CT molecular complexity index is 576. The Labute approximate surface area is 134 Å². The van der Waals surface area contributed by atoms with Crippen LogP contribution in [0.3, 0.4) is 0 Å². The number of carbonyl (C=O) groups is 1. The van der Waals surface area contributed by atoms with Gasteiger partial charge < -0.3 is 24.2 Å². The Morgan fingerprint density at radius 3 is 2.73 bits per heavy atom. The molecule has 1 aromatic rings. The molecule has 0 aromatic heterocycles. The Kier molecular flexibility index (Phi) is 4.24. The second kappa shape index (κ2) is 6.02. The SMILES string of the molecule is O=C(N1CCOCC1)[C@](F)(Br)[C@@H](O)c1ccc2c(c1)OCO2. The van der Waals surface area contributed by atoms with E-state index in [1.165, 1.54) is 17.0 Å². The van der Waals surface area contributed by atoms with Crippen molar-refractivity contribution < 1.29 is 28.5 Å². The van der Waals surface area contributed by atoms with Crippen molar-refractivity contribution in [3.8, 4) is 11.5 Å². The van der Waals surface area contributed by atoms with Crippen LogP contribution in [0.25, 0.3) is 0 Å². The van der Waals surface area contributed by atoms with Crippen LogP contribution >= 0.6 is 15.9 Å². The summed E-state index contributed by atoms with van der Waals surface area (Å²) >= 11 is 2.74. The molecule has 0 aliphatic carbocycles. The van der Waals surface area contributed by atoms with E-state index in [9.17, 15) is 14.3 Å². The van der Waals surface area contributed by atoms with Crippen LogP contribution in [0.2, 0.25) is 0 Å². The fourth-order valence-corrected chi connectivity index (χ4v) is 2.90. The maximum Gasteiger partial charge on any atom is 0.274 e. The molecule has 0 saturated carbocycles. The summed E-state index contributed by atoms with van der Waals surface area (Å²) in [7, 11) is 0. The van der Waals surface area contributed by atoms with Crippen LogP contribution in [0.5, 0.6) is 11.5 Å². The standard InChI is InChI=1S/C14H15BrFNO5/c15-14(16,13(19)17-3-5-20-6-4-17)12(18)9-1-2-10-11(7-9)22-8-21-10/h1-2,7,12,18H,3-6,8H2/t12-,14-/m0/s1. The van der Waals surface area contributed by atoms with Gasteiger partial charge in [-0.15, -0.1) is 0 Å². The molecular formula is C14H15BrFNO5. The average molecular weight is 376 g/mol. The van der Waals surface area contributed by atoms with Gasteiger partial charge in [-0.2, -0.15) is 0 Å². The summed E-state index contributed by atoms with van der Waals surface area (Å²) in [4.78, 5) is 13.6. The third-order valence-corrected chi connectivity index (χ3v) is 4.41. The fraction of sp³-hybridized carbons (Fsp3) is 0.500. The van der Waals surface area contributed by atoms with Crippen LogP contribution < -0.4 is 9.47 Å². The summed E-state index contributed by atoms with van der Waals surface area (Å²) in [5.41, 5.74) is 0.227. The zero-order valence-corrected chi connectivity index (χ0v) is 13.2. The predicted molar refractivity (Wildman–Crippen MR) is 77.7 cm³/mol. The summed E-state index contributed by atoms with van der Waals surface area (Å²) in [6.07, 6.45) is -1.67. The van der Waals surface area contributed by atoms with E-state index in [0.717, 1.165) is 0 Å². The number of morpholine rings is 1. The van der Waals surface area contributed by atoms with Crippen molar-refractivity contribution in [2.45, 2.75) is 10.7 Å². The summed E-state index contributed by atoms with van der Waals surface area (Å²) in [5, 5.41) is 10.3. The number of nitrogens with zero attached hydrogens (tertiary/aromatic N) is 1. The number of amides is 1. The Balaban J connectivity index is 1.79. The van der Waals surface area contributed by atoms with Crippen molar-refractivity contribution in [3.63, 3.8) is 0 Å². The first-order chi connectivity index (χ1) is 10.5. The second-order valence-corrected chi connectivity index (χ2v) is 6.20. The number of alkyl halides is 2. The molecule has 0 unspecified atom stereocenters. The minimum atomic E-state index is -2.61. The van der Waals surface area contributed by atoms with Crippen LogP contribution in [0.15, 0.2) is 18.2 Å². The normalized spacial score (nSPS) is 21.3. The summed E-state index contributed by atoms with van der Waals surface area (Å²) < 4.78 is 27.7. The molecule has 1 fully saturated rings. The molecule has 2 aliphatic heterocycles. The lowest BCUT2D eigenvalue weighted by Crippen LogP contribution is -2.50. The number of hydrogen-bond acceptors (Lipinski definition) is 5. The monoisotopic (exact) mass is 375 g/mol. The lowest BCUT2D eigenvalue weighted by atomic mass is 10.0. The number of halogens is 2. The molecule has 22 heavy (non-hydrogen) atoms. The zero-order valence-electron chi connectivity index (χ0n) is 11.6. The van der Waals surface area contributed by atoms with Crippen LogP contribution in [0, 0.1) is 0 Å². The van der Waals surface area contributed by atoms with E-state index in [-0.39, 0.29) is 12.4 Å². The van der Waals surface area contributed by atoms with E-state index in [1.54, 1.807) is 6.07 Å². The number of aliphatic hydroxyl groups excluding tert-OH is 1. The molecule has 120 valence electrons. The first kappa shape index (κ1) is 15.5. The van der Waals surface area contributed by atoms with Crippen LogP contribution in [0.1, 0.15) is 11.7 Å². The fourth-order valence-electron chi connectivity index (χ4n) is 2.39. The number of rotatable bonds is 3. The predicted octanol–water partition coefficient (Wildman–Crippen LogP) is 1.37. The Morgan fingerprint density at radius 2 is 2.00 bits per heavy atom. The molecule has 1 N–H and O–H groups in total. The van der Waals surface area contributed by atoms with Gasteiger partial charge in [-0.3, -0.25) is 4.79 Å². The maximum absolute atomic E-state index is 14.9. The molecule has 1 saturated heterocycles. The molecule has 2 aliphatic rings. The van der Waals surface area contributed by atoms with Gasteiger partial charge in [-0.1, -0.05) is 6.07 Å². The van der Waals surface area contributed by atoms with Gasteiger partial charge in [0.15, 0.2) is 11.5 Å². The lowest BCUT2D eigenvalue weighted by molar-refractivity contribution is -0.147. The topological polar surface area (TPSA) is 68.2 Å². The molecule has 0 spiro atoms. The minimum absolute atomic E-state index is 0.0800.